The van der Waals surface area contributed by atoms with Crippen molar-refractivity contribution in [3.05, 3.63) is 53.2 Å². The standard InChI is InChI=1S/C15H16N4/c1-3-13-18-14-10(2)8-12(17-15(14)19-13)9-11-6-4-5-7-16-11/h4-8H,3,9H2,1-2H3,(H,17,18,19). The number of rotatable bonds is 3. The van der Waals surface area contributed by atoms with E-state index in [1.165, 1.54) is 5.56 Å². The summed E-state index contributed by atoms with van der Waals surface area (Å²) in [5.74, 6) is 0.987. The number of aryl methyl sites for hydroxylation is 2. The second-order valence-electron chi connectivity index (χ2n) is 4.66. The zero-order chi connectivity index (χ0) is 13.2. The van der Waals surface area contributed by atoms with Crippen LogP contribution in [-0.2, 0) is 12.8 Å². The molecule has 1 N–H and O–H groups in total. The highest BCUT2D eigenvalue weighted by atomic mass is 15.0. The molecule has 0 aliphatic rings. The van der Waals surface area contributed by atoms with Crippen molar-refractivity contribution in [1.29, 1.82) is 0 Å². The first-order valence-electron chi connectivity index (χ1n) is 6.51. The molecule has 0 aliphatic heterocycles. The Labute approximate surface area is 111 Å². The zero-order valence-electron chi connectivity index (χ0n) is 11.1. The van der Waals surface area contributed by atoms with E-state index in [4.69, 9.17) is 0 Å². The van der Waals surface area contributed by atoms with Gasteiger partial charge in [-0.15, -0.1) is 0 Å². The first-order valence-corrected chi connectivity index (χ1v) is 6.51. The van der Waals surface area contributed by atoms with Gasteiger partial charge in [0.25, 0.3) is 0 Å². The Bertz CT molecular complexity index is 701. The van der Waals surface area contributed by atoms with Gasteiger partial charge in [0.15, 0.2) is 5.65 Å². The number of fused-ring (bicyclic) bond motifs is 1. The van der Waals surface area contributed by atoms with Gasteiger partial charge < -0.3 is 4.98 Å². The highest BCUT2D eigenvalue weighted by molar-refractivity contribution is 5.74. The van der Waals surface area contributed by atoms with Crippen molar-refractivity contribution in [3.63, 3.8) is 0 Å². The van der Waals surface area contributed by atoms with Gasteiger partial charge in [0.05, 0.1) is 5.52 Å². The average molecular weight is 252 g/mol. The second kappa shape index (κ2) is 4.80. The Morgan fingerprint density at radius 2 is 2.05 bits per heavy atom. The molecule has 0 spiro atoms. The van der Waals surface area contributed by atoms with E-state index in [1.807, 2.05) is 24.4 Å². The van der Waals surface area contributed by atoms with E-state index in [-0.39, 0.29) is 0 Å². The van der Waals surface area contributed by atoms with Crippen LogP contribution in [0.4, 0.5) is 0 Å². The quantitative estimate of drug-likeness (QED) is 0.779. The van der Waals surface area contributed by atoms with Gasteiger partial charge in [-0.3, -0.25) is 4.98 Å². The van der Waals surface area contributed by atoms with E-state index in [0.29, 0.717) is 0 Å². The van der Waals surface area contributed by atoms with Crippen LogP contribution in [0.15, 0.2) is 30.5 Å². The van der Waals surface area contributed by atoms with E-state index >= 15 is 0 Å². The summed E-state index contributed by atoms with van der Waals surface area (Å²) in [5, 5.41) is 0. The van der Waals surface area contributed by atoms with E-state index in [2.05, 4.69) is 39.8 Å². The minimum Gasteiger partial charge on any atom is -0.340 e. The molecule has 19 heavy (non-hydrogen) atoms. The predicted octanol–water partition coefficient (Wildman–Crippen LogP) is 2.81. The zero-order valence-corrected chi connectivity index (χ0v) is 11.1. The van der Waals surface area contributed by atoms with Crippen molar-refractivity contribution in [1.82, 2.24) is 19.9 Å². The highest BCUT2D eigenvalue weighted by Crippen LogP contribution is 2.17. The molecule has 0 radical (unpaired) electrons. The molecule has 0 saturated heterocycles. The number of pyridine rings is 2. The van der Waals surface area contributed by atoms with E-state index < -0.39 is 0 Å². The fourth-order valence-electron chi connectivity index (χ4n) is 2.20. The number of nitrogens with one attached hydrogen (secondary N) is 1. The maximum Gasteiger partial charge on any atom is 0.178 e. The smallest absolute Gasteiger partial charge is 0.178 e. The maximum absolute atomic E-state index is 4.62. The van der Waals surface area contributed by atoms with Gasteiger partial charge in [-0.25, -0.2) is 9.97 Å². The summed E-state index contributed by atoms with van der Waals surface area (Å²) in [7, 11) is 0. The van der Waals surface area contributed by atoms with Gasteiger partial charge >= 0.3 is 0 Å². The molecule has 0 bridgehead atoms. The van der Waals surface area contributed by atoms with E-state index in [9.17, 15) is 0 Å². The number of imidazole rings is 1. The van der Waals surface area contributed by atoms with Crippen LogP contribution in [0, 0.1) is 6.92 Å². The summed E-state index contributed by atoms with van der Waals surface area (Å²) in [6.07, 6.45) is 3.45. The molecule has 3 aromatic rings. The maximum atomic E-state index is 4.62. The van der Waals surface area contributed by atoms with Crippen LogP contribution in [0.25, 0.3) is 11.2 Å². The molecule has 0 unspecified atom stereocenters. The third kappa shape index (κ3) is 2.34. The average Bonchev–Trinajstić information content (AvgIpc) is 2.83. The molecule has 4 heteroatoms. The number of aromatic amines is 1. The SMILES string of the molecule is CCc1nc2nc(Cc3ccccn3)cc(C)c2[nH]1. The Morgan fingerprint density at radius 1 is 1.16 bits per heavy atom. The molecule has 0 atom stereocenters. The van der Waals surface area contributed by atoms with Crippen molar-refractivity contribution in [3.8, 4) is 0 Å². The summed E-state index contributed by atoms with van der Waals surface area (Å²) < 4.78 is 0. The molecule has 96 valence electrons. The lowest BCUT2D eigenvalue weighted by atomic mass is 10.1. The van der Waals surface area contributed by atoms with Gasteiger partial charge in [-0.2, -0.15) is 0 Å². The molecule has 3 rings (SSSR count). The molecule has 0 fully saturated rings. The predicted molar refractivity (Wildman–Crippen MR) is 75.0 cm³/mol. The van der Waals surface area contributed by atoms with Crippen LogP contribution >= 0.6 is 0 Å². The van der Waals surface area contributed by atoms with Crippen molar-refractivity contribution in [2.75, 3.05) is 0 Å². The fourth-order valence-corrected chi connectivity index (χ4v) is 2.20. The lowest BCUT2D eigenvalue weighted by Crippen LogP contribution is -1.96. The topological polar surface area (TPSA) is 54.5 Å². The van der Waals surface area contributed by atoms with Crippen LogP contribution < -0.4 is 0 Å². The molecule has 0 saturated carbocycles. The fraction of sp³-hybridized carbons (Fsp3) is 0.267. The first kappa shape index (κ1) is 11.8. The number of aromatic nitrogens is 4. The summed E-state index contributed by atoms with van der Waals surface area (Å²) in [6, 6.07) is 8.04. The molecule has 0 amide bonds. The van der Waals surface area contributed by atoms with Gasteiger partial charge in [0.2, 0.25) is 0 Å². The number of hydrogen-bond donors (Lipinski definition) is 1. The van der Waals surface area contributed by atoms with Crippen LogP contribution in [-0.4, -0.2) is 19.9 Å². The van der Waals surface area contributed by atoms with Crippen molar-refractivity contribution >= 4 is 11.2 Å². The van der Waals surface area contributed by atoms with E-state index in [0.717, 1.165) is 41.2 Å². The normalized spacial score (nSPS) is 11.1. The number of nitrogens with zero attached hydrogens (tertiary/aromatic N) is 3. The third-order valence-electron chi connectivity index (χ3n) is 3.18. The molecular formula is C15H16N4. The minimum atomic E-state index is 0.742. The van der Waals surface area contributed by atoms with E-state index in [1.54, 1.807) is 0 Å². The number of hydrogen-bond acceptors (Lipinski definition) is 3. The van der Waals surface area contributed by atoms with Crippen molar-refractivity contribution in [2.45, 2.75) is 26.7 Å². The first-order chi connectivity index (χ1) is 9.26. The Morgan fingerprint density at radius 3 is 2.79 bits per heavy atom. The molecule has 0 aliphatic carbocycles. The van der Waals surface area contributed by atoms with Crippen LogP contribution in [0.1, 0.15) is 29.7 Å². The Kier molecular flexibility index (Phi) is 2.99. The third-order valence-corrected chi connectivity index (χ3v) is 3.18. The molecule has 3 heterocycles. The lowest BCUT2D eigenvalue weighted by Gasteiger charge is -2.02. The van der Waals surface area contributed by atoms with Gasteiger partial charge in [0, 0.05) is 30.4 Å². The Balaban J connectivity index is 2.01. The van der Waals surface area contributed by atoms with Crippen LogP contribution in [0.2, 0.25) is 0 Å². The molecular weight excluding hydrogens is 236 g/mol. The largest absolute Gasteiger partial charge is 0.340 e. The molecule has 3 aromatic heterocycles. The summed E-state index contributed by atoms with van der Waals surface area (Å²) >= 11 is 0. The van der Waals surface area contributed by atoms with Crippen LogP contribution in [0.3, 0.4) is 0 Å². The lowest BCUT2D eigenvalue weighted by molar-refractivity contribution is 0.991. The summed E-state index contributed by atoms with van der Waals surface area (Å²) in [6.45, 7) is 4.17. The number of H-pyrrole nitrogens is 1. The molecule has 0 aromatic carbocycles. The van der Waals surface area contributed by atoms with Crippen molar-refractivity contribution < 1.29 is 0 Å². The summed E-state index contributed by atoms with van der Waals surface area (Å²) in [5.41, 5.74) is 5.07. The highest BCUT2D eigenvalue weighted by Gasteiger charge is 2.08. The van der Waals surface area contributed by atoms with Gasteiger partial charge in [0.1, 0.15) is 5.82 Å². The Hall–Kier alpha value is -2.23. The monoisotopic (exact) mass is 252 g/mol. The second-order valence-corrected chi connectivity index (χ2v) is 4.66. The van der Waals surface area contributed by atoms with Crippen molar-refractivity contribution in [2.24, 2.45) is 0 Å². The minimum absolute atomic E-state index is 0.742. The molecule has 4 nitrogen and oxygen atoms in total. The van der Waals surface area contributed by atoms with Gasteiger partial charge in [-0.05, 0) is 30.7 Å². The van der Waals surface area contributed by atoms with Crippen LogP contribution in [0.5, 0.6) is 0 Å². The van der Waals surface area contributed by atoms with Gasteiger partial charge in [-0.1, -0.05) is 13.0 Å². The summed E-state index contributed by atoms with van der Waals surface area (Å²) in [4.78, 5) is 16.8.